The fourth-order valence-corrected chi connectivity index (χ4v) is 1.04. The van der Waals surface area contributed by atoms with Crippen LogP contribution in [0.1, 0.15) is 0 Å². The summed E-state index contributed by atoms with van der Waals surface area (Å²) in [7, 11) is 1.75. The number of nitrogen functional groups attached to an aromatic ring is 1. The lowest BCUT2D eigenvalue weighted by Crippen LogP contribution is -2.03. The first-order valence-corrected chi connectivity index (χ1v) is 3.35. The molecule has 12 heavy (non-hydrogen) atoms. The van der Waals surface area contributed by atoms with Gasteiger partial charge in [-0.15, -0.1) is 0 Å². The van der Waals surface area contributed by atoms with Crippen LogP contribution < -0.4 is 11.4 Å². The number of H-pyrrole nitrogens is 1. The third-order valence-electron chi connectivity index (χ3n) is 1.62. The molecule has 6 heteroatoms. The number of rotatable bonds is 0. The van der Waals surface area contributed by atoms with Gasteiger partial charge in [-0.1, -0.05) is 0 Å². The van der Waals surface area contributed by atoms with Crippen LogP contribution in [0.5, 0.6) is 0 Å². The number of nitrogens with two attached hydrogens (primary N) is 1. The summed E-state index contributed by atoms with van der Waals surface area (Å²) in [6.45, 7) is 0. The fourth-order valence-electron chi connectivity index (χ4n) is 1.04. The summed E-state index contributed by atoms with van der Waals surface area (Å²) >= 11 is 0. The monoisotopic (exact) mass is 165 g/mol. The number of aryl methyl sites for hydroxylation is 1. The molecule has 0 saturated carbocycles. The summed E-state index contributed by atoms with van der Waals surface area (Å²) in [6.07, 6.45) is 1.51. The second kappa shape index (κ2) is 2.07. The molecule has 0 unspecified atom stereocenters. The highest BCUT2D eigenvalue weighted by molar-refractivity contribution is 5.64. The second-order valence-electron chi connectivity index (χ2n) is 2.48. The van der Waals surface area contributed by atoms with Crippen molar-refractivity contribution < 1.29 is 0 Å². The van der Waals surface area contributed by atoms with Gasteiger partial charge in [0.1, 0.15) is 5.69 Å². The Hall–Kier alpha value is -1.85. The van der Waals surface area contributed by atoms with Crippen LogP contribution in [-0.4, -0.2) is 19.5 Å². The standard InChI is InChI=1S/C6H7N5O/c1-11-2-8-4(7)3-5(11)10-6(12)9-3/h2H,7H2,1H3,(H,9,12). The minimum absolute atomic E-state index is 0.290. The number of nitrogens with zero attached hydrogens (tertiary/aromatic N) is 3. The second-order valence-corrected chi connectivity index (χ2v) is 2.48. The zero-order chi connectivity index (χ0) is 8.72. The lowest BCUT2D eigenvalue weighted by molar-refractivity contribution is 0.854. The maximum absolute atomic E-state index is 10.8. The number of hydrogen-bond acceptors (Lipinski definition) is 4. The first-order valence-electron chi connectivity index (χ1n) is 3.35. The summed E-state index contributed by atoms with van der Waals surface area (Å²) in [5.41, 5.74) is 5.59. The van der Waals surface area contributed by atoms with Crippen molar-refractivity contribution in [2.24, 2.45) is 7.05 Å². The molecule has 2 aliphatic rings. The SMILES string of the molecule is Cn1cnc(N)c2[nH]c(=O)nc1-2. The predicted octanol–water partition coefficient (Wildman–Crippen LogP) is -0.810. The Morgan fingerprint density at radius 2 is 2.42 bits per heavy atom. The van der Waals surface area contributed by atoms with Gasteiger partial charge < -0.3 is 10.3 Å². The smallest absolute Gasteiger partial charge is 0.347 e. The Balaban J connectivity index is 2.91. The first-order chi connectivity index (χ1) is 5.68. The van der Waals surface area contributed by atoms with Gasteiger partial charge in [0.05, 0.1) is 6.33 Å². The van der Waals surface area contributed by atoms with Gasteiger partial charge in [-0.25, -0.2) is 9.78 Å². The molecule has 3 N–H and O–H groups in total. The number of fused-ring (bicyclic) bond motifs is 1. The van der Waals surface area contributed by atoms with Gasteiger partial charge in [-0.05, 0) is 0 Å². The van der Waals surface area contributed by atoms with Gasteiger partial charge in [0.15, 0.2) is 11.6 Å². The Morgan fingerprint density at radius 1 is 1.67 bits per heavy atom. The number of aromatic amines is 1. The molecular formula is C6H7N5O. The normalized spacial score (nSPS) is 10.8. The van der Waals surface area contributed by atoms with Gasteiger partial charge in [0.25, 0.3) is 0 Å². The van der Waals surface area contributed by atoms with Crippen molar-refractivity contribution in [2.45, 2.75) is 0 Å². The number of nitrogens with one attached hydrogen (secondary N) is 1. The van der Waals surface area contributed by atoms with Crippen LogP contribution >= 0.6 is 0 Å². The van der Waals surface area contributed by atoms with E-state index >= 15 is 0 Å². The van der Waals surface area contributed by atoms with Crippen LogP contribution in [0, 0.1) is 0 Å². The van der Waals surface area contributed by atoms with Crippen LogP contribution in [0.25, 0.3) is 11.5 Å². The molecule has 2 rings (SSSR count). The number of anilines is 1. The molecule has 6 nitrogen and oxygen atoms in total. The van der Waals surface area contributed by atoms with E-state index in [-0.39, 0.29) is 5.82 Å². The van der Waals surface area contributed by atoms with E-state index < -0.39 is 5.69 Å². The minimum Gasteiger partial charge on any atom is -0.382 e. The molecule has 0 spiro atoms. The highest BCUT2D eigenvalue weighted by Crippen LogP contribution is 2.17. The van der Waals surface area contributed by atoms with Crippen LogP contribution in [0.15, 0.2) is 11.1 Å². The molecule has 0 bridgehead atoms. The number of aromatic nitrogens is 4. The van der Waals surface area contributed by atoms with E-state index in [4.69, 9.17) is 5.73 Å². The average Bonchev–Trinajstić information content (AvgIpc) is 2.41. The zero-order valence-corrected chi connectivity index (χ0v) is 6.40. The third kappa shape index (κ3) is 0.777. The maximum Gasteiger partial charge on any atom is 0.347 e. The van der Waals surface area contributed by atoms with Crippen molar-refractivity contribution in [1.82, 2.24) is 19.5 Å². The highest BCUT2D eigenvalue weighted by Gasteiger charge is 2.13. The largest absolute Gasteiger partial charge is 0.382 e. The number of hydrogen-bond donors (Lipinski definition) is 2. The Labute approximate surface area is 67.4 Å². The quantitative estimate of drug-likeness (QED) is 0.534. The van der Waals surface area contributed by atoms with Gasteiger partial charge in [0.2, 0.25) is 0 Å². The summed E-state index contributed by atoms with van der Waals surface area (Å²) in [6, 6.07) is 0. The minimum atomic E-state index is -0.403. The van der Waals surface area contributed by atoms with Crippen molar-refractivity contribution in [3.8, 4) is 11.5 Å². The Kier molecular flexibility index (Phi) is 1.18. The van der Waals surface area contributed by atoms with E-state index in [9.17, 15) is 4.79 Å². The lowest BCUT2D eigenvalue weighted by Gasteiger charge is -2.04. The molecule has 0 amide bonds. The first kappa shape index (κ1) is 6.84. The molecule has 2 heterocycles. The van der Waals surface area contributed by atoms with Crippen molar-refractivity contribution in [3.63, 3.8) is 0 Å². The summed E-state index contributed by atoms with van der Waals surface area (Å²) in [5.74, 6) is 0.810. The van der Waals surface area contributed by atoms with E-state index in [1.165, 1.54) is 6.33 Å². The Bertz CT molecular complexity index is 403. The zero-order valence-electron chi connectivity index (χ0n) is 6.40. The van der Waals surface area contributed by atoms with Crippen LogP contribution in [0.3, 0.4) is 0 Å². The summed E-state index contributed by atoms with van der Waals surface area (Å²) in [5, 5.41) is 0. The fraction of sp³-hybridized carbons (Fsp3) is 0.167. The van der Waals surface area contributed by atoms with Crippen molar-refractivity contribution in [2.75, 3.05) is 5.73 Å². The Morgan fingerprint density at radius 3 is 3.08 bits per heavy atom. The molecular weight excluding hydrogens is 158 g/mol. The van der Waals surface area contributed by atoms with Crippen molar-refractivity contribution in [1.29, 1.82) is 0 Å². The van der Waals surface area contributed by atoms with E-state index in [0.29, 0.717) is 11.5 Å². The van der Waals surface area contributed by atoms with Gasteiger partial charge in [0, 0.05) is 7.05 Å². The molecule has 62 valence electrons. The van der Waals surface area contributed by atoms with Gasteiger partial charge >= 0.3 is 5.69 Å². The molecule has 0 saturated heterocycles. The van der Waals surface area contributed by atoms with Crippen LogP contribution in [-0.2, 0) is 7.05 Å². The summed E-state index contributed by atoms with van der Waals surface area (Å²) < 4.78 is 1.63. The van der Waals surface area contributed by atoms with E-state index in [2.05, 4.69) is 15.0 Å². The van der Waals surface area contributed by atoms with Gasteiger partial charge in [-0.2, -0.15) is 4.98 Å². The molecule has 0 aromatic carbocycles. The topological polar surface area (TPSA) is 89.6 Å². The van der Waals surface area contributed by atoms with Crippen LogP contribution in [0.4, 0.5) is 5.82 Å². The molecule has 0 atom stereocenters. The van der Waals surface area contributed by atoms with Gasteiger partial charge in [-0.3, -0.25) is 4.98 Å². The van der Waals surface area contributed by atoms with E-state index in [1.54, 1.807) is 11.6 Å². The van der Waals surface area contributed by atoms with E-state index in [1.807, 2.05) is 0 Å². The lowest BCUT2D eigenvalue weighted by atomic mass is 10.4. The van der Waals surface area contributed by atoms with E-state index in [0.717, 1.165) is 0 Å². The average molecular weight is 165 g/mol. The molecule has 0 aromatic rings. The molecule has 0 radical (unpaired) electrons. The molecule has 2 aliphatic heterocycles. The summed E-state index contributed by atoms with van der Waals surface area (Å²) in [4.78, 5) is 20.9. The highest BCUT2D eigenvalue weighted by atomic mass is 16.1. The molecule has 0 aromatic heterocycles. The maximum atomic E-state index is 10.8. The van der Waals surface area contributed by atoms with Crippen LogP contribution in [0.2, 0.25) is 0 Å². The van der Waals surface area contributed by atoms with Crippen molar-refractivity contribution >= 4 is 5.82 Å². The third-order valence-corrected chi connectivity index (χ3v) is 1.62. The predicted molar refractivity (Wildman–Crippen MR) is 42.7 cm³/mol. The number of imidazole rings is 1. The van der Waals surface area contributed by atoms with Crippen molar-refractivity contribution in [3.05, 3.63) is 16.8 Å². The molecule has 0 aliphatic carbocycles. The molecule has 0 fully saturated rings.